The van der Waals surface area contributed by atoms with Crippen molar-refractivity contribution in [1.82, 2.24) is 0 Å². The number of carbonyl (C=O) groups is 1. The summed E-state index contributed by atoms with van der Waals surface area (Å²) in [5.41, 5.74) is 0. The van der Waals surface area contributed by atoms with Crippen molar-refractivity contribution >= 4 is 5.97 Å². The summed E-state index contributed by atoms with van der Waals surface area (Å²) in [6, 6.07) is 0.317. The van der Waals surface area contributed by atoms with E-state index in [1.165, 1.54) is 0 Å². The number of carbonyl (C=O) groups excluding carboxylic acids is 1. The maximum atomic E-state index is 10.2. The van der Waals surface area contributed by atoms with Crippen molar-refractivity contribution in [3.05, 3.63) is 0 Å². The fourth-order valence-electron chi connectivity index (χ4n) is 0.515. The van der Waals surface area contributed by atoms with Crippen LogP contribution in [0.15, 0.2) is 0 Å². The zero-order chi connectivity index (χ0) is 8.36. The fraction of sp³-hybridized carbons (Fsp3) is 0.857. The highest BCUT2D eigenvalue weighted by atomic mass is 16.4. The maximum Gasteiger partial charge on any atom is 0.119 e. The molecule has 0 aliphatic carbocycles. The van der Waals surface area contributed by atoms with Crippen LogP contribution in [0.3, 0.4) is 0 Å². The average molecular weight is 145 g/mol. The van der Waals surface area contributed by atoms with Crippen LogP contribution in [0.4, 0.5) is 0 Å². The van der Waals surface area contributed by atoms with Crippen LogP contribution in [0.1, 0.15) is 13.8 Å². The minimum atomic E-state index is -0.987. The number of nitrogens with zero attached hydrogens (tertiary/aromatic N) is 1. The van der Waals surface area contributed by atoms with Gasteiger partial charge in [-0.3, -0.25) is 0 Å². The smallest absolute Gasteiger partial charge is 0.119 e. The van der Waals surface area contributed by atoms with Crippen molar-refractivity contribution in [2.45, 2.75) is 19.9 Å². The first kappa shape index (κ1) is 9.43. The molecule has 0 N–H and O–H groups in total. The molecular formula is C7H15NO2. The molecule has 0 aliphatic rings. The molecule has 0 aliphatic heterocycles. The van der Waals surface area contributed by atoms with Gasteiger partial charge in [-0.25, -0.2) is 0 Å². The summed E-state index contributed by atoms with van der Waals surface area (Å²) >= 11 is 0. The third-order valence-electron chi connectivity index (χ3n) is 1.93. The Bertz CT molecular complexity index is 130. The summed E-state index contributed by atoms with van der Waals surface area (Å²) in [4.78, 5) is 10.2. The topological polar surface area (TPSA) is 40.1 Å². The Morgan fingerprint density at radius 2 is 1.90 bits per heavy atom. The van der Waals surface area contributed by atoms with Crippen LogP contribution in [0.25, 0.3) is 0 Å². The van der Waals surface area contributed by atoms with Gasteiger partial charge in [-0.2, -0.15) is 0 Å². The third-order valence-corrected chi connectivity index (χ3v) is 1.93. The van der Waals surface area contributed by atoms with Crippen molar-refractivity contribution in [1.29, 1.82) is 0 Å². The standard InChI is InChI=1S/C7H15NO2/c1-6(2)8(3,4)5-7(9)10/h6H,5H2,1-4H3. The van der Waals surface area contributed by atoms with Crippen LogP contribution >= 0.6 is 0 Å². The second-order valence-electron chi connectivity index (χ2n) is 3.40. The van der Waals surface area contributed by atoms with Gasteiger partial charge in [0.25, 0.3) is 0 Å². The molecule has 0 radical (unpaired) electrons. The Morgan fingerprint density at radius 1 is 1.50 bits per heavy atom. The van der Waals surface area contributed by atoms with E-state index < -0.39 is 5.97 Å². The van der Waals surface area contributed by atoms with E-state index >= 15 is 0 Å². The number of aliphatic carboxylic acids is 1. The summed E-state index contributed by atoms with van der Waals surface area (Å²) < 4.78 is 0.475. The van der Waals surface area contributed by atoms with Gasteiger partial charge in [0.15, 0.2) is 0 Å². The predicted molar refractivity (Wildman–Crippen MR) is 37.1 cm³/mol. The highest BCUT2D eigenvalue weighted by Crippen LogP contribution is 2.03. The van der Waals surface area contributed by atoms with Gasteiger partial charge in [-0.1, -0.05) is 0 Å². The first-order valence-corrected chi connectivity index (χ1v) is 3.39. The van der Waals surface area contributed by atoms with Gasteiger partial charge >= 0.3 is 0 Å². The van der Waals surface area contributed by atoms with Crippen LogP contribution in [-0.2, 0) is 4.79 Å². The lowest BCUT2D eigenvalue weighted by Gasteiger charge is -2.34. The van der Waals surface area contributed by atoms with Crippen molar-refractivity contribution in [2.75, 3.05) is 20.6 Å². The molecule has 0 unspecified atom stereocenters. The zero-order valence-corrected chi connectivity index (χ0v) is 7.05. The molecule has 0 aromatic rings. The summed E-state index contributed by atoms with van der Waals surface area (Å²) in [7, 11) is 3.75. The average Bonchev–Trinajstić information content (AvgIpc) is 1.60. The van der Waals surface area contributed by atoms with Gasteiger partial charge in [0, 0.05) is 0 Å². The third kappa shape index (κ3) is 2.82. The molecule has 0 heterocycles. The molecule has 0 aromatic heterocycles. The highest BCUT2D eigenvalue weighted by Gasteiger charge is 2.18. The molecule has 3 heteroatoms. The first-order chi connectivity index (χ1) is 4.36. The molecular weight excluding hydrogens is 130 g/mol. The van der Waals surface area contributed by atoms with E-state index in [1.54, 1.807) is 0 Å². The van der Waals surface area contributed by atoms with Crippen LogP contribution in [0, 0.1) is 0 Å². The van der Waals surface area contributed by atoms with Crippen LogP contribution in [-0.4, -0.2) is 37.1 Å². The number of quaternary nitrogens is 1. The Hall–Kier alpha value is -0.570. The maximum absolute atomic E-state index is 10.2. The molecule has 60 valence electrons. The molecule has 0 saturated carbocycles. The molecule has 0 atom stereocenters. The van der Waals surface area contributed by atoms with Crippen LogP contribution in [0.5, 0.6) is 0 Å². The second kappa shape index (κ2) is 3.01. The lowest BCUT2D eigenvalue weighted by molar-refractivity contribution is -0.905. The summed E-state index contributed by atoms with van der Waals surface area (Å²) in [6.07, 6.45) is 0. The Balaban J connectivity index is 3.99. The minimum absolute atomic E-state index is 0.0810. The zero-order valence-electron chi connectivity index (χ0n) is 7.05. The quantitative estimate of drug-likeness (QED) is 0.489. The van der Waals surface area contributed by atoms with Crippen molar-refractivity contribution in [3.8, 4) is 0 Å². The number of hydrogen-bond donors (Lipinski definition) is 0. The first-order valence-electron chi connectivity index (χ1n) is 3.39. The second-order valence-corrected chi connectivity index (χ2v) is 3.40. The Labute approximate surface area is 61.9 Å². The van der Waals surface area contributed by atoms with E-state index in [1.807, 2.05) is 27.9 Å². The van der Waals surface area contributed by atoms with Gasteiger partial charge in [-0.15, -0.1) is 0 Å². The fourth-order valence-corrected chi connectivity index (χ4v) is 0.515. The van der Waals surface area contributed by atoms with Crippen molar-refractivity contribution < 1.29 is 14.4 Å². The van der Waals surface area contributed by atoms with Crippen LogP contribution in [0.2, 0.25) is 0 Å². The predicted octanol–water partition coefficient (Wildman–Crippen LogP) is -0.779. The normalized spacial score (nSPS) is 12.1. The molecule has 0 amide bonds. The van der Waals surface area contributed by atoms with Crippen molar-refractivity contribution in [2.24, 2.45) is 0 Å². The van der Waals surface area contributed by atoms with E-state index in [4.69, 9.17) is 0 Å². The van der Waals surface area contributed by atoms with Crippen LogP contribution < -0.4 is 5.11 Å². The molecule has 0 fully saturated rings. The monoisotopic (exact) mass is 145 g/mol. The van der Waals surface area contributed by atoms with E-state index in [0.717, 1.165) is 0 Å². The summed E-state index contributed by atoms with van der Waals surface area (Å²) in [5, 5.41) is 10.2. The number of likely N-dealkylation sites (N-methyl/N-ethyl adjacent to an activating group) is 1. The van der Waals surface area contributed by atoms with Gasteiger partial charge < -0.3 is 14.4 Å². The van der Waals surface area contributed by atoms with Gasteiger partial charge in [0.2, 0.25) is 0 Å². The van der Waals surface area contributed by atoms with E-state index in [-0.39, 0.29) is 6.54 Å². The van der Waals surface area contributed by atoms with Gasteiger partial charge in [0.1, 0.15) is 6.54 Å². The molecule has 0 aromatic carbocycles. The number of hydrogen-bond acceptors (Lipinski definition) is 2. The molecule has 0 rings (SSSR count). The van der Waals surface area contributed by atoms with Gasteiger partial charge in [-0.05, 0) is 13.8 Å². The number of carboxylic acid groups (broad SMARTS) is 1. The molecule has 10 heavy (non-hydrogen) atoms. The van der Waals surface area contributed by atoms with E-state index in [2.05, 4.69) is 0 Å². The lowest BCUT2D eigenvalue weighted by atomic mass is 10.3. The van der Waals surface area contributed by atoms with E-state index in [9.17, 15) is 9.90 Å². The largest absolute Gasteiger partial charge is 0.544 e. The number of rotatable bonds is 3. The minimum Gasteiger partial charge on any atom is -0.544 e. The molecule has 0 saturated heterocycles. The summed E-state index contributed by atoms with van der Waals surface area (Å²) in [5.74, 6) is -0.987. The Morgan fingerprint density at radius 3 is 2.00 bits per heavy atom. The number of carboxylic acids is 1. The SMILES string of the molecule is CC(C)[N+](C)(C)CC(=O)[O-]. The highest BCUT2D eigenvalue weighted by molar-refractivity contribution is 5.65. The van der Waals surface area contributed by atoms with E-state index in [0.29, 0.717) is 10.5 Å². The Kier molecular flexibility index (Phi) is 2.84. The molecule has 0 bridgehead atoms. The summed E-state index contributed by atoms with van der Waals surface area (Å²) in [6.45, 7) is 4.06. The molecule has 3 nitrogen and oxygen atoms in total. The molecule has 0 spiro atoms. The van der Waals surface area contributed by atoms with Gasteiger partial charge in [0.05, 0.1) is 26.1 Å². The lowest BCUT2D eigenvalue weighted by Crippen LogP contribution is -2.52. The van der Waals surface area contributed by atoms with Crippen molar-refractivity contribution in [3.63, 3.8) is 0 Å².